The van der Waals surface area contributed by atoms with Crippen LogP contribution in [0.5, 0.6) is 0 Å². The van der Waals surface area contributed by atoms with Crippen LogP contribution in [0.4, 0.5) is 0 Å². The van der Waals surface area contributed by atoms with Gasteiger partial charge in [-0.05, 0) is 17.7 Å². The number of carbonyl (C=O) groups excluding carboxylic acids is 1. The average molecular weight is 234 g/mol. The van der Waals surface area contributed by atoms with E-state index >= 15 is 0 Å². The van der Waals surface area contributed by atoms with Crippen LogP contribution in [0.3, 0.4) is 0 Å². The molecular formula is C13H18N2O2. The number of amides is 1. The quantitative estimate of drug-likeness (QED) is 0.844. The van der Waals surface area contributed by atoms with Gasteiger partial charge in [-0.15, -0.1) is 0 Å². The highest BCUT2D eigenvalue weighted by Gasteiger charge is 2.10. The van der Waals surface area contributed by atoms with E-state index in [0.29, 0.717) is 5.56 Å². The number of nitrogens with zero attached hydrogens (tertiary/aromatic N) is 1. The lowest BCUT2D eigenvalue weighted by atomic mass is 10.1. The van der Waals surface area contributed by atoms with Crippen molar-refractivity contribution < 1.29 is 9.53 Å². The molecule has 1 aromatic carbocycles. The number of rotatable bonds is 3. The van der Waals surface area contributed by atoms with Crippen LogP contribution in [-0.4, -0.2) is 44.2 Å². The van der Waals surface area contributed by atoms with Crippen LogP contribution in [0.2, 0.25) is 0 Å². The third kappa shape index (κ3) is 3.28. The molecule has 1 aromatic rings. The lowest BCUT2D eigenvalue weighted by Gasteiger charge is -2.26. The summed E-state index contributed by atoms with van der Waals surface area (Å²) in [5.41, 5.74) is 1.94. The molecule has 1 N–H and O–H groups in total. The molecule has 0 spiro atoms. The summed E-state index contributed by atoms with van der Waals surface area (Å²) < 4.78 is 5.31. The molecule has 1 saturated heterocycles. The maximum absolute atomic E-state index is 11.4. The molecule has 0 aromatic heterocycles. The standard InChI is InChI=1S/C13H18N2O2/c1-14-13(16)12-4-2-11(3-5-12)10-15-6-8-17-9-7-15/h2-5H,6-10H2,1H3,(H,14,16). The monoisotopic (exact) mass is 234 g/mol. The zero-order chi connectivity index (χ0) is 12.1. The summed E-state index contributed by atoms with van der Waals surface area (Å²) in [6.45, 7) is 4.53. The van der Waals surface area contributed by atoms with Crippen LogP contribution in [0, 0.1) is 0 Å². The fourth-order valence-corrected chi connectivity index (χ4v) is 1.92. The van der Waals surface area contributed by atoms with Gasteiger partial charge in [-0.2, -0.15) is 0 Å². The Kier molecular flexibility index (Phi) is 4.12. The van der Waals surface area contributed by atoms with Gasteiger partial charge in [0.05, 0.1) is 13.2 Å². The molecule has 92 valence electrons. The Bertz CT molecular complexity index is 370. The van der Waals surface area contributed by atoms with Crippen LogP contribution in [-0.2, 0) is 11.3 Å². The summed E-state index contributed by atoms with van der Waals surface area (Å²) in [5, 5.41) is 2.62. The minimum atomic E-state index is -0.0390. The van der Waals surface area contributed by atoms with Gasteiger partial charge in [0.15, 0.2) is 0 Å². The van der Waals surface area contributed by atoms with E-state index in [1.54, 1.807) is 7.05 Å². The maximum atomic E-state index is 11.4. The van der Waals surface area contributed by atoms with Gasteiger partial charge in [0.2, 0.25) is 0 Å². The van der Waals surface area contributed by atoms with E-state index in [2.05, 4.69) is 10.2 Å². The first-order chi connectivity index (χ1) is 8.29. The highest BCUT2D eigenvalue weighted by atomic mass is 16.5. The van der Waals surface area contributed by atoms with Gasteiger partial charge >= 0.3 is 0 Å². The van der Waals surface area contributed by atoms with E-state index in [4.69, 9.17) is 4.74 Å². The Labute approximate surface area is 102 Å². The molecule has 4 nitrogen and oxygen atoms in total. The second kappa shape index (κ2) is 5.80. The van der Waals surface area contributed by atoms with E-state index in [0.717, 1.165) is 32.8 Å². The second-order valence-electron chi connectivity index (χ2n) is 4.16. The lowest BCUT2D eigenvalue weighted by molar-refractivity contribution is 0.0342. The number of morpholine rings is 1. The first-order valence-corrected chi connectivity index (χ1v) is 5.91. The first-order valence-electron chi connectivity index (χ1n) is 5.91. The van der Waals surface area contributed by atoms with Crippen molar-refractivity contribution in [2.75, 3.05) is 33.4 Å². The topological polar surface area (TPSA) is 41.6 Å². The Balaban J connectivity index is 1.95. The normalized spacial score (nSPS) is 16.8. The zero-order valence-electron chi connectivity index (χ0n) is 10.1. The van der Waals surface area contributed by atoms with Crippen molar-refractivity contribution in [2.24, 2.45) is 0 Å². The number of carbonyl (C=O) groups is 1. The van der Waals surface area contributed by atoms with Crippen molar-refractivity contribution in [3.63, 3.8) is 0 Å². The molecule has 1 aliphatic heterocycles. The molecule has 1 fully saturated rings. The van der Waals surface area contributed by atoms with Gasteiger partial charge in [0.1, 0.15) is 0 Å². The highest BCUT2D eigenvalue weighted by Crippen LogP contribution is 2.09. The molecule has 0 atom stereocenters. The molecule has 0 aliphatic carbocycles. The number of ether oxygens (including phenoxy) is 1. The molecule has 1 heterocycles. The Hall–Kier alpha value is -1.39. The largest absolute Gasteiger partial charge is 0.379 e. The Morgan fingerprint density at radius 1 is 1.29 bits per heavy atom. The molecule has 0 radical (unpaired) electrons. The number of benzene rings is 1. The van der Waals surface area contributed by atoms with Gasteiger partial charge in [-0.3, -0.25) is 9.69 Å². The SMILES string of the molecule is CNC(=O)c1ccc(CN2CCOCC2)cc1. The summed E-state index contributed by atoms with van der Waals surface area (Å²) in [6.07, 6.45) is 0. The minimum absolute atomic E-state index is 0.0390. The van der Waals surface area contributed by atoms with Crippen molar-refractivity contribution in [1.82, 2.24) is 10.2 Å². The van der Waals surface area contributed by atoms with Crippen molar-refractivity contribution in [3.05, 3.63) is 35.4 Å². The molecular weight excluding hydrogens is 216 g/mol. The van der Waals surface area contributed by atoms with E-state index in [9.17, 15) is 4.79 Å². The summed E-state index contributed by atoms with van der Waals surface area (Å²) >= 11 is 0. The first kappa shape index (κ1) is 12.1. The number of nitrogens with one attached hydrogen (secondary N) is 1. The predicted molar refractivity (Wildman–Crippen MR) is 65.9 cm³/mol. The molecule has 1 amide bonds. The fourth-order valence-electron chi connectivity index (χ4n) is 1.92. The summed E-state index contributed by atoms with van der Waals surface area (Å²) in [6, 6.07) is 7.77. The van der Waals surface area contributed by atoms with E-state index in [-0.39, 0.29) is 5.91 Å². The predicted octanol–water partition coefficient (Wildman–Crippen LogP) is 0.878. The molecule has 0 saturated carbocycles. The van der Waals surface area contributed by atoms with Crippen molar-refractivity contribution >= 4 is 5.91 Å². The van der Waals surface area contributed by atoms with Crippen LogP contribution in [0.25, 0.3) is 0 Å². The Morgan fingerprint density at radius 3 is 2.53 bits per heavy atom. The molecule has 2 rings (SSSR count). The van der Waals surface area contributed by atoms with Crippen LogP contribution < -0.4 is 5.32 Å². The van der Waals surface area contributed by atoms with Crippen LogP contribution in [0.15, 0.2) is 24.3 Å². The van der Waals surface area contributed by atoms with E-state index in [1.807, 2.05) is 24.3 Å². The Morgan fingerprint density at radius 2 is 1.94 bits per heavy atom. The zero-order valence-corrected chi connectivity index (χ0v) is 10.1. The van der Waals surface area contributed by atoms with Crippen molar-refractivity contribution in [2.45, 2.75) is 6.54 Å². The van der Waals surface area contributed by atoms with Crippen molar-refractivity contribution in [1.29, 1.82) is 0 Å². The molecule has 17 heavy (non-hydrogen) atoms. The van der Waals surface area contributed by atoms with E-state index < -0.39 is 0 Å². The summed E-state index contributed by atoms with van der Waals surface area (Å²) in [7, 11) is 1.64. The van der Waals surface area contributed by atoms with Crippen LogP contribution in [0.1, 0.15) is 15.9 Å². The summed E-state index contributed by atoms with van der Waals surface area (Å²) in [4.78, 5) is 13.7. The molecule has 4 heteroatoms. The van der Waals surface area contributed by atoms with Gasteiger partial charge in [-0.25, -0.2) is 0 Å². The third-order valence-electron chi connectivity index (χ3n) is 2.95. The van der Waals surface area contributed by atoms with Gasteiger partial charge < -0.3 is 10.1 Å². The second-order valence-corrected chi connectivity index (χ2v) is 4.16. The third-order valence-corrected chi connectivity index (χ3v) is 2.95. The number of hydrogen-bond acceptors (Lipinski definition) is 3. The van der Waals surface area contributed by atoms with Crippen molar-refractivity contribution in [3.8, 4) is 0 Å². The summed E-state index contributed by atoms with van der Waals surface area (Å²) in [5.74, 6) is -0.0390. The van der Waals surface area contributed by atoms with E-state index in [1.165, 1.54) is 5.56 Å². The fraction of sp³-hybridized carbons (Fsp3) is 0.462. The van der Waals surface area contributed by atoms with Crippen LogP contribution >= 0.6 is 0 Å². The average Bonchev–Trinajstić information content (AvgIpc) is 2.40. The lowest BCUT2D eigenvalue weighted by Crippen LogP contribution is -2.35. The molecule has 1 aliphatic rings. The molecule has 0 bridgehead atoms. The smallest absolute Gasteiger partial charge is 0.251 e. The van der Waals surface area contributed by atoms with Gasteiger partial charge in [0, 0.05) is 32.2 Å². The highest BCUT2D eigenvalue weighted by molar-refractivity contribution is 5.93. The maximum Gasteiger partial charge on any atom is 0.251 e. The minimum Gasteiger partial charge on any atom is -0.379 e. The number of hydrogen-bond donors (Lipinski definition) is 1. The molecule has 0 unspecified atom stereocenters. The van der Waals surface area contributed by atoms with Gasteiger partial charge in [-0.1, -0.05) is 12.1 Å². The van der Waals surface area contributed by atoms with Gasteiger partial charge in [0.25, 0.3) is 5.91 Å².